The van der Waals surface area contributed by atoms with Gasteiger partial charge in [-0.2, -0.15) is 0 Å². The fraction of sp³-hybridized carbons (Fsp3) is 0.900. The normalized spacial score (nSPS) is 24.1. The van der Waals surface area contributed by atoms with Crippen molar-refractivity contribution in [2.45, 2.75) is 103 Å². The number of ether oxygens (including phenoxy) is 2. The summed E-state index contributed by atoms with van der Waals surface area (Å²) >= 11 is 0. The molecule has 2 atom stereocenters. The number of esters is 1. The summed E-state index contributed by atoms with van der Waals surface area (Å²) in [5.74, 6) is -0.392. The lowest BCUT2D eigenvalue weighted by atomic mass is 9.90. The van der Waals surface area contributed by atoms with E-state index in [9.17, 15) is 9.59 Å². The first kappa shape index (κ1) is 24.0. The van der Waals surface area contributed by atoms with Gasteiger partial charge in [0.2, 0.25) is 0 Å². The number of carbonyl (C=O) groups excluding carboxylic acids is 2. The number of rotatable bonds is 5. The van der Waals surface area contributed by atoms with Crippen LogP contribution in [0.4, 0.5) is 4.79 Å². The van der Waals surface area contributed by atoms with E-state index in [-0.39, 0.29) is 11.1 Å². The maximum absolute atomic E-state index is 12.9. The van der Waals surface area contributed by atoms with Crippen LogP contribution in [-0.4, -0.2) is 56.2 Å². The topological polar surface area (TPSA) is 65.1 Å². The van der Waals surface area contributed by atoms with E-state index < -0.39 is 31.5 Å². The summed E-state index contributed by atoms with van der Waals surface area (Å²) in [5.41, 5.74) is -1.66. The average Bonchev–Trinajstić information content (AvgIpc) is 2.82. The molecule has 0 radical (unpaired) electrons. The summed E-state index contributed by atoms with van der Waals surface area (Å²) in [6.45, 7) is 18.7. The molecule has 0 aliphatic carbocycles. The molecule has 27 heavy (non-hydrogen) atoms. The van der Waals surface area contributed by atoms with E-state index in [0.29, 0.717) is 19.4 Å². The molecule has 1 heterocycles. The first-order chi connectivity index (χ1) is 12.1. The molecule has 1 saturated heterocycles. The minimum absolute atomic E-state index is 0.0466. The van der Waals surface area contributed by atoms with Crippen LogP contribution in [0.5, 0.6) is 0 Å². The third-order valence-corrected chi connectivity index (χ3v) is 10.1. The van der Waals surface area contributed by atoms with Gasteiger partial charge in [0.05, 0.1) is 19.8 Å². The van der Waals surface area contributed by atoms with Crippen LogP contribution in [0.25, 0.3) is 0 Å². The van der Waals surface area contributed by atoms with Crippen molar-refractivity contribution in [2.75, 3.05) is 13.7 Å². The van der Waals surface area contributed by atoms with Crippen LogP contribution in [0.3, 0.4) is 0 Å². The van der Waals surface area contributed by atoms with E-state index in [1.807, 2.05) is 27.7 Å². The highest BCUT2D eigenvalue weighted by Gasteiger charge is 2.56. The molecule has 6 nitrogen and oxygen atoms in total. The van der Waals surface area contributed by atoms with Gasteiger partial charge in [-0.15, -0.1) is 0 Å². The average molecular weight is 402 g/mol. The summed E-state index contributed by atoms with van der Waals surface area (Å²) in [6.07, 6.45) is 1.03. The minimum atomic E-state index is -2.04. The zero-order valence-corrected chi connectivity index (χ0v) is 19.9. The molecule has 1 fully saturated rings. The summed E-state index contributed by atoms with van der Waals surface area (Å²) in [7, 11) is -0.672. The van der Waals surface area contributed by atoms with Crippen molar-refractivity contribution in [1.29, 1.82) is 0 Å². The molecule has 0 bridgehead atoms. The first-order valence-electron chi connectivity index (χ1n) is 9.86. The zero-order valence-electron chi connectivity index (χ0n) is 18.9. The van der Waals surface area contributed by atoms with Crippen LogP contribution in [0, 0.1) is 0 Å². The van der Waals surface area contributed by atoms with E-state index >= 15 is 0 Å². The molecule has 0 N–H and O–H groups in total. The molecule has 0 spiro atoms. The second-order valence-electron chi connectivity index (χ2n) is 10.1. The van der Waals surface area contributed by atoms with Crippen LogP contribution < -0.4 is 0 Å². The highest BCUT2D eigenvalue weighted by molar-refractivity contribution is 6.74. The Bertz CT molecular complexity index is 550. The second-order valence-corrected chi connectivity index (χ2v) is 14.8. The summed E-state index contributed by atoms with van der Waals surface area (Å²) in [4.78, 5) is 27.3. The Morgan fingerprint density at radius 3 is 2.11 bits per heavy atom. The van der Waals surface area contributed by atoms with Crippen LogP contribution in [0.15, 0.2) is 0 Å². The van der Waals surface area contributed by atoms with Crippen LogP contribution >= 0.6 is 0 Å². The van der Waals surface area contributed by atoms with Gasteiger partial charge in [0, 0.05) is 6.42 Å². The molecule has 0 saturated carbocycles. The van der Waals surface area contributed by atoms with E-state index in [0.717, 1.165) is 6.42 Å². The van der Waals surface area contributed by atoms with Gasteiger partial charge >= 0.3 is 12.1 Å². The third-order valence-electron chi connectivity index (χ3n) is 5.58. The van der Waals surface area contributed by atoms with Crippen molar-refractivity contribution in [3.63, 3.8) is 0 Å². The van der Waals surface area contributed by atoms with Gasteiger partial charge < -0.3 is 13.9 Å². The number of carbonyl (C=O) groups is 2. The van der Waals surface area contributed by atoms with Crippen molar-refractivity contribution in [1.82, 2.24) is 4.90 Å². The predicted octanol–water partition coefficient (Wildman–Crippen LogP) is 4.73. The number of amides is 1. The van der Waals surface area contributed by atoms with Crippen LogP contribution in [0.1, 0.15) is 67.7 Å². The Hall–Kier alpha value is -1.08. The predicted molar refractivity (Wildman–Crippen MR) is 109 cm³/mol. The molecule has 158 valence electrons. The maximum Gasteiger partial charge on any atom is 0.411 e. The van der Waals surface area contributed by atoms with Crippen molar-refractivity contribution < 1.29 is 23.5 Å². The van der Waals surface area contributed by atoms with Crippen molar-refractivity contribution in [2.24, 2.45) is 0 Å². The smallest absolute Gasteiger partial charge is 0.411 e. The highest BCUT2D eigenvalue weighted by Crippen LogP contribution is 2.42. The number of likely N-dealkylation sites (tertiary alicyclic amines) is 1. The highest BCUT2D eigenvalue weighted by atomic mass is 28.4. The van der Waals surface area contributed by atoms with Gasteiger partial charge in [0.15, 0.2) is 8.32 Å². The van der Waals surface area contributed by atoms with Gasteiger partial charge in [0.1, 0.15) is 11.1 Å². The quantitative estimate of drug-likeness (QED) is 0.492. The van der Waals surface area contributed by atoms with Crippen molar-refractivity contribution in [3.05, 3.63) is 0 Å². The summed E-state index contributed by atoms with van der Waals surface area (Å²) < 4.78 is 17.3. The Morgan fingerprint density at radius 2 is 1.70 bits per heavy atom. The monoisotopic (exact) mass is 401 g/mol. The number of hydrogen-bond donors (Lipinski definition) is 0. The number of methoxy groups -OCH3 is 1. The fourth-order valence-corrected chi connectivity index (χ4v) is 4.65. The molecule has 0 unspecified atom stereocenters. The van der Waals surface area contributed by atoms with Gasteiger partial charge in [0.25, 0.3) is 0 Å². The van der Waals surface area contributed by atoms with Crippen LogP contribution in [0.2, 0.25) is 18.1 Å². The fourth-order valence-electron chi connectivity index (χ4n) is 3.30. The maximum atomic E-state index is 12.9. The molecule has 1 aliphatic heterocycles. The molecule has 1 rings (SSSR count). The second kappa shape index (κ2) is 8.11. The SMILES string of the molecule is CCC[C@]1(C(=O)OC)C[C@@H](O[Si](C)(C)C(C)(C)C)CN1C(=O)OC(C)(C)C. The first-order valence-corrected chi connectivity index (χ1v) is 12.8. The zero-order chi connectivity index (χ0) is 21.3. The van der Waals surface area contributed by atoms with Gasteiger partial charge in [-0.25, -0.2) is 9.59 Å². The van der Waals surface area contributed by atoms with Crippen molar-refractivity contribution >= 4 is 20.4 Å². The lowest BCUT2D eigenvalue weighted by Crippen LogP contribution is -2.54. The molecule has 1 amide bonds. The van der Waals surface area contributed by atoms with Gasteiger partial charge in [-0.05, 0) is 45.3 Å². The molecule has 7 heteroatoms. The minimum Gasteiger partial charge on any atom is -0.467 e. The van der Waals surface area contributed by atoms with E-state index in [4.69, 9.17) is 13.9 Å². The lowest BCUT2D eigenvalue weighted by molar-refractivity contribution is -0.153. The molecule has 0 aromatic rings. The van der Waals surface area contributed by atoms with E-state index in [1.165, 1.54) is 7.11 Å². The molecular weight excluding hydrogens is 362 g/mol. The standard InChI is InChI=1S/C20H39NO5Si/c1-11-12-20(16(22)24-8)13-15(26-27(9,10)19(5,6)7)14-21(20)17(23)25-18(2,3)4/h15H,11-14H2,1-10H3/t15-,20-/m1/s1. The van der Waals surface area contributed by atoms with Gasteiger partial charge in [-0.1, -0.05) is 34.1 Å². The number of hydrogen-bond acceptors (Lipinski definition) is 5. The lowest BCUT2D eigenvalue weighted by Gasteiger charge is -2.38. The summed E-state index contributed by atoms with van der Waals surface area (Å²) in [5, 5.41) is 0.0466. The third kappa shape index (κ3) is 5.47. The van der Waals surface area contributed by atoms with Crippen LogP contribution in [-0.2, 0) is 18.7 Å². The Balaban J connectivity index is 3.23. The molecule has 1 aliphatic rings. The van der Waals surface area contributed by atoms with Crippen molar-refractivity contribution in [3.8, 4) is 0 Å². The molecule has 0 aromatic heterocycles. The Morgan fingerprint density at radius 1 is 1.15 bits per heavy atom. The molecule has 0 aromatic carbocycles. The summed E-state index contributed by atoms with van der Waals surface area (Å²) in [6, 6.07) is 0. The molecular formula is C20H39NO5Si. The van der Waals surface area contributed by atoms with Gasteiger partial charge in [-0.3, -0.25) is 4.90 Å². The Kier molecular flexibility index (Phi) is 7.20. The Labute approximate surface area is 166 Å². The van der Waals surface area contributed by atoms with E-state index in [1.54, 1.807) is 4.90 Å². The van der Waals surface area contributed by atoms with E-state index in [2.05, 4.69) is 33.9 Å². The largest absolute Gasteiger partial charge is 0.467 e. The number of nitrogens with zero attached hydrogens (tertiary/aromatic N) is 1.